The van der Waals surface area contributed by atoms with E-state index in [4.69, 9.17) is 0 Å². The predicted octanol–water partition coefficient (Wildman–Crippen LogP) is 3.22. The maximum Gasteiger partial charge on any atom is 0.435 e. The number of nitrogens with zero attached hydrogens (tertiary/aromatic N) is 4. The monoisotopic (exact) mass is 420 g/mol. The highest BCUT2D eigenvalue weighted by atomic mass is 19.4. The molecule has 0 saturated heterocycles. The van der Waals surface area contributed by atoms with Gasteiger partial charge in [0, 0.05) is 43.3 Å². The largest absolute Gasteiger partial charge is 0.435 e. The Bertz CT molecular complexity index is 1070. The summed E-state index contributed by atoms with van der Waals surface area (Å²) in [6.45, 7) is 1.50. The molecule has 158 valence electrons. The van der Waals surface area contributed by atoms with Gasteiger partial charge >= 0.3 is 6.18 Å². The highest BCUT2D eigenvalue weighted by Gasteiger charge is 2.34. The van der Waals surface area contributed by atoms with Crippen LogP contribution in [0.25, 0.3) is 0 Å². The van der Waals surface area contributed by atoms with Crippen molar-refractivity contribution in [1.82, 2.24) is 19.6 Å². The van der Waals surface area contributed by atoms with Crippen molar-refractivity contribution in [2.75, 3.05) is 10.6 Å². The molecule has 0 atom stereocenters. The second kappa shape index (κ2) is 8.39. The zero-order valence-corrected chi connectivity index (χ0v) is 16.2. The lowest BCUT2D eigenvalue weighted by Crippen LogP contribution is -2.17. The topological polar surface area (TPSA) is 93.8 Å². The molecule has 0 spiro atoms. The lowest BCUT2D eigenvalue weighted by molar-refractivity contribution is -0.141. The lowest BCUT2D eigenvalue weighted by atomic mass is 10.2. The first-order chi connectivity index (χ1) is 14.1. The standard InChI is InChI=1S/C19H19F3N6O2/c1-12-10-16(19(20,21)22)26-28(12)9-7-17(29)23-13-4-3-5-14(11-13)24-18(30)15-6-8-27(2)25-15/h3-6,8,10-11H,7,9H2,1-2H3,(H,23,29)(H,24,30). The Hall–Kier alpha value is -3.63. The van der Waals surface area contributed by atoms with Gasteiger partial charge in [-0.2, -0.15) is 23.4 Å². The Morgan fingerprint density at radius 3 is 2.37 bits per heavy atom. The summed E-state index contributed by atoms with van der Waals surface area (Å²) in [5.74, 6) is -0.791. The van der Waals surface area contributed by atoms with Crippen LogP contribution in [0, 0.1) is 6.92 Å². The molecule has 1 aromatic carbocycles. The summed E-state index contributed by atoms with van der Waals surface area (Å²) in [4.78, 5) is 24.3. The molecule has 2 aromatic heterocycles. The fraction of sp³-hybridized carbons (Fsp3) is 0.263. The molecule has 0 unspecified atom stereocenters. The molecule has 2 N–H and O–H groups in total. The smallest absolute Gasteiger partial charge is 0.326 e. The van der Waals surface area contributed by atoms with E-state index in [2.05, 4.69) is 20.8 Å². The molecule has 3 rings (SSSR count). The third kappa shape index (κ3) is 5.25. The number of carbonyl (C=O) groups is 2. The number of hydrogen-bond donors (Lipinski definition) is 2. The minimum absolute atomic E-state index is 0.00382. The molecule has 2 heterocycles. The van der Waals surface area contributed by atoms with Crippen molar-refractivity contribution < 1.29 is 22.8 Å². The van der Waals surface area contributed by atoms with E-state index < -0.39 is 23.7 Å². The number of aryl methyl sites for hydroxylation is 3. The second-order valence-corrected chi connectivity index (χ2v) is 6.60. The Balaban J connectivity index is 1.57. The molecule has 0 saturated carbocycles. The maximum atomic E-state index is 12.7. The van der Waals surface area contributed by atoms with Gasteiger partial charge in [-0.3, -0.25) is 19.0 Å². The van der Waals surface area contributed by atoms with Crippen molar-refractivity contribution in [1.29, 1.82) is 0 Å². The van der Waals surface area contributed by atoms with Gasteiger partial charge in [-0.1, -0.05) is 6.07 Å². The van der Waals surface area contributed by atoms with Crippen LogP contribution in [-0.4, -0.2) is 31.4 Å². The molecule has 3 aromatic rings. The zero-order chi connectivity index (χ0) is 21.9. The SMILES string of the molecule is Cc1cc(C(F)(F)F)nn1CCC(=O)Nc1cccc(NC(=O)c2ccn(C)n2)c1. The number of nitrogens with one attached hydrogen (secondary N) is 2. The summed E-state index contributed by atoms with van der Waals surface area (Å²) < 4.78 is 40.8. The molecule has 2 amide bonds. The van der Waals surface area contributed by atoms with E-state index in [-0.39, 0.29) is 18.7 Å². The van der Waals surface area contributed by atoms with E-state index >= 15 is 0 Å². The van der Waals surface area contributed by atoms with Crippen LogP contribution in [0.3, 0.4) is 0 Å². The number of rotatable bonds is 6. The van der Waals surface area contributed by atoms with Crippen molar-refractivity contribution in [2.45, 2.75) is 26.1 Å². The molecule has 0 aliphatic rings. The Morgan fingerprint density at radius 2 is 1.77 bits per heavy atom. The number of alkyl halides is 3. The van der Waals surface area contributed by atoms with Crippen LogP contribution < -0.4 is 10.6 Å². The van der Waals surface area contributed by atoms with Gasteiger partial charge < -0.3 is 10.6 Å². The van der Waals surface area contributed by atoms with Crippen LogP contribution in [0.1, 0.15) is 28.3 Å². The van der Waals surface area contributed by atoms with Gasteiger partial charge in [-0.25, -0.2) is 0 Å². The fourth-order valence-corrected chi connectivity index (χ4v) is 2.71. The average Bonchev–Trinajstić information content (AvgIpc) is 3.26. The summed E-state index contributed by atoms with van der Waals surface area (Å²) in [6, 6.07) is 9.02. The molecule has 11 heteroatoms. The summed E-state index contributed by atoms with van der Waals surface area (Å²) in [7, 11) is 1.70. The van der Waals surface area contributed by atoms with E-state index in [1.54, 1.807) is 43.6 Å². The summed E-state index contributed by atoms with van der Waals surface area (Å²) >= 11 is 0. The van der Waals surface area contributed by atoms with Crippen molar-refractivity contribution in [3.63, 3.8) is 0 Å². The van der Waals surface area contributed by atoms with Crippen molar-refractivity contribution in [2.24, 2.45) is 7.05 Å². The number of hydrogen-bond acceptors (Lipinski definition) is 4. The van der Waals surface area contributed by atoms with Gasteiger partial charge in [0.15, 0.2) is 11.4 Å². The zero-order valence-electron chi connectivity index (χ0n) is 16.2. The van der Waals surface area contributed by atoms with Gasteiger partial charge in [0.2, 0.25) is 5.91 Å². The summed E-state index contributed by atoms with van der Waals surface area (Å²) in [6.07, 6.45) is -2.95. The highest BCUT2D eigenvalue weighted by molar-refractivity contribution is 6.03. The molecule has 0 bridgehead atoms. The first-order valence-electron chi connectivity index (χ1n) is 8.94. The van der Waals surface area contributed by atoms with Gasteiger partial charge in [0.1, 0.15) is 0 Å². The van der Waals surface area contributed by atoms with Crippen LogP contribution in [0.4, 0.5) is 24.5 Å². The van der Waals surface area contributed by atoms with E-state index in [0.717, 1.165) is 10.7 Å². The minimum atomic E-state index is -4.53. The van der Waals surface area contributed by atoms with Crippen LogP contribution in [0.2, 0.25) is 0 Å². The number of halogens is 3. The van der Waals surface area contributed by atoms with Gasteiger partial charge in [-0.05, 0) is 37.3 Å². The molecule has 0 aliphatic heterocycles. The Labute approximate surface area is 169 Å². The average molecular weight is 420 g/mol. The summed E-state index contributed by atoms with van der Waals surface area (Å²) in [5, 5.41) is 12.8. The molecule has 8 nitrogen and oxygen atoms in total. The van der Waals surface area contributed by atoms with Crippen LogP contribution in [0.5, 0.6) is 0 Å². The molecule has 30 heavy (non-hydrogen) atoms. The van der Waals surface area contributed by atoms with Crippen molar-refractivity contribution >= 4 is 23.2 Å². The second-order valence-electron chi connectivity index (χ2n) is 6.60. The molecule has 0 fully saturated rings. The van der Waals surface area contributed by atoms with Crippen molar-refractivity contribution in [3.8, 4) is 0 Å². The van der Waals surface area contributed by atoms with E-state index in [1.807, 2.05) is 0 Å². The van der Waals surface area contributed by atoms with E-state index in [9.17, 15) is 22.8 Å². The molecular formula is C19H19F3N6O2. The highest BCUT2D eigenvalue weighted by Crippen LogP contribution is 2.28. The number of aromatic nitrogens is 4. The number of benzene rings is 1. The number of anilines is 2. The fourth-order valence-electron chi connectivity index (χ4n) is 2.71. The number of carbonyl (C=O) groups excluding carboxylic acids is 2. The van der Waals surface area contributed by atoms with Crippen LogP contribution in [-0.2, 0) is 24.6 Å². The first-order valence-corrected chi connectivity index (χ1v) is 8.94. The minimum Gasteiger partial charge on any atom is -0.326 e. The predicted molar refractivity (Wildman–Crippen MR) is 103 cm³/mol. The van der Waals surface area contributed by atoms with Crippen molar-refractivity contribution in [3.05, 3.63) is 59.7 Å². The maximum absolute atomic E-state index is 12.7. The van der Waals surface area contributed by atoms with Gasteiger partial charge in [-0.15, -0.1) is 0 Å². The Kier molecular flexibility index (Phi) is 5.90. The lowest BCUT2D eigenvalue weighted by Gasteiger charge is -2.09. The summed E-state index contributed by atoms with van der Waals surface area (Å²) in [5.41, 5.74) is 0.471. The molecule has 0 aliphatic carbocycles. The van der Waals surface area contributed by atoms with E-state index in [0.29, 0.717) is 17.1 Å². The van der Waals surface area contributed by atoms with Gasteiger partial charge in [0.05, 0.1) is 0 Å². The van der Waals surface area contributed by atoms with Crippen LogP contribution >= 0.6 is 0 Å². The normalized spacial score (nSPS) is 11.4. The Morgan fingerprint density at radius 1 is 1.07 bits per heavy atom. The van der Waals surface area contributed by atoms with Gasteiger partial charge in [0.25, 0.3) is 5.91 Å². The van der Waals surface area contributed by atoms with Crippen LogP contribution in [0.15, 0.2) is 42.6 Å². The third-order valence-electron chi connectivity index (χ3n) is 4.17. The molecule has 0 radical (unpaired) electrons. The van der Waals surface area contributed by atoms with E-state index in [1.165, 1.54) is 11.6 Å². The number of amides is 2. The third-order valence-corrected chi connectivity index (χ3v) is 4.17. The first kappa shape index (κ1) is 21.1. The quantitative estimate of drug-likeness (QED) is 0.640. The molecular weight excluding hydrogens is 401 g/mol.